The standard InChI is InChI=1S/C21H22N2O4/c24-18(20(25)23-13-16-8-4-5-9-17(16)14-23)19-21(26)22(10-11-27-19)12-15-6-2-1-3-7-15/h1-9,18-19,24H,10-14H2/t18-,19-/m1/s1. The summed E-state index contributed by atoms with van der Waals surface area (Å²) in [4.78, 5) is 28.7. The number of nitrogens with zero attached hydrogens (tertiary/aromatic N) is 2. The van der Waals surface area contributed by atoms with Gasteiger partial charge in [-0.05, 0) is 16.7 Å². The van der Waals surface area contributed by atoms with E-state index in [2.05, 4.69) is 0 Å². The molecule has 0 aliphatic carbocycles. The van der Waals surface area contributed by atoms with E-state index >= 15 is 0 Å². The first-order chi connectivity index (χ1) is 13.1. The number of amides is 2. The minimum Gasteiger partial charge on any atom is -0.380 e. The summed E-state index contributed by atoms with van der Waals surface area (Å²) >= 11 is 0. The van der Waals surface area contributed by atoms with Crippen LogP contribution in [0.2, 0.25) is 0 Å². The van der Waals surface area contributed by atoms with Crippen molar-refractivity contribution in [3.05, 3.63) is 71.3 Å². The molecule has 0 bridgehead atoms. The molecule has 1 N–H and O–H groups in total. The lowest BCUT2D eigenvalue weighted by Crippen LogP contribution is -2.56. The molecule has 0 aromatic heterocycles. The predicted molar refractivity (Wildman–Crippen MR) is 98.3 cm³/mol. The number of hydrogen-bond acceptors (Lipinski definition) is 4. The van der Waals surface area contributed by atoms with E-state index in [4.69, 9.17) is 4.74 Å². The maximum atomic E-state index is 12.8. The van der Waals surface area contributed by atoms with Crippen LogP contribution in [0.4, 0.5) is 0 Å². The first-order valence-corrected chi connectivity index (χ1v) is 9.11. The van der Waals surface area contributed by atoms with E-state index in [1.807, 2.05) is 54.6 Å². The summed E-state index contributed by atoms with van der Waals surface area (Å²) in [7, 11) is 0. The largest absolute Gasteiger partial charge is 0.380 e. The predicted octanol–water partition coefficient (Wildman–Crippen LogP) is 1.32. The second kappa shape index (κ2) is 7.50. The zero-order valence-corrected chi connectivity index (χ0v) is 15.0. The van der Waals surface area contributed by atoms with Crippen LogP contribution < -0.4 is 0 Å². The van der Waals surface area contributed by atoms with Crippen molar-refractivity contribution in [2.24, 2.45) is 0 Å². The summed E-state index contributed by atoms with van der Waals surface area (Å²) in [6.07, 6.45) is -2.65. The van der Waals surface area contributed by atoms with Gasteiger partial charge >= 0.3 is 0 Å². The van der Waals surface area contributed by atoms with Crippen molar-refractivity contribution in [3.8, 4) is 0 Å². The molecule has 140 valence electrons. The average Bonchev–Trinajstić information content (AvgIpc) is 3.13. The summed E-state index contributed by atoms with van der Waals surface area (Å²) in [6, 6.07) is 17.4. The van der Waals surface area contributed by atoms with Gasteiger partial charge in [0.05, 0.1) is 6.61 Å². The molecule has 2 atom stereocenters. The summed E-state index contributed by atoms with van der Waals surface area (Å²) in [6.45, 7) is 2.07. The van der Waals surface area contributed by atoms with E-state index in [1.165, 1.54) is 0 Å². The highest BCUT2D eigenvalue weighted by Crippen LogP contribution is 2.24. The first kappa shape index (κ1) is 17.7. The Labute approximate surface area is 158 Å². The number of aliphatic hydroxyl groups is 1. The van der Waals surface area contributed by atoms with Crippen LogP contribution >= 0.6 is 0 Å². The molecule has 6 heteroatoms. The van der Waals surface area contributed by atoms with E-state index in [9.17, 15) is 14.7 Å². The van der Waals surface area contributed by atoms with Gasteiger partial charge in [-0.25, -0.2) is 0 Å². The molecule has 1 saturated heterocycles. The van der Waals surface area contributed by atoms with Crippen LogP contribution in [0, 0.1) is 0 Å². The molecule has 0 spiro atoms. The van der Waals surface area contributed by atoms with Gasteiger partial charge in [0.25, 0.3) is 11.8 Å². The molecule has 2 aromatic carbocycles. The minimum atomic E-state index is -1.50. The van der Waals surface area contributed by atoms with Gasteiger partial charge in [0.15, 0.2) is 12.2 Å². The topological polar surface area (TPSA) is 70.1 Å². The third-order valence-corrected chi connectivity index (χ3v) is 5.12. The van der Waals surface area contributed by atoms with Crippen LogP contribution in [0.25, 0.3) is 0 Å². The number of ether oxygens (including phenoxy) is 1. The van der Waals surface area contributed by atoms with Gasteiger partial charge in [0.2, 0.25) is 0 Å². The van der Waals surface area contributed by atoms with Crippen molar-refractivity contribution < 1.29 is 19.4 Å². The second-order valence-electron chi connectivity index (χ2n) is 6.94. The molecule has 2 aliphatic heterocycles. The molecule has 6 nitrogen and oxygen atoms in total. The lowest BCUT2D eigenvalue weighted by atomic mass is 10.1. The Bertz CT molecular complexity index is 814. The number of fused-ring (bicyclic) bond motifs is 1. The smallest absolute Gasteiger partial charge is 0.255 e. The first-order valence-electron chi connectivity index (χ1n) is 9.11. The SMILES string of the molecule is O=C([C@H](O)[C@H]1OCCN(Cc2ccccc2)C1=O)N1Cc2ccccc2C1. The summed E-state index contributed by atoms with van der Waals surface area (Å²) in [5, 5.41) is 10.6. The lowest BCUT2D eigenvalue weighted by molar-refractivity contribution is -0.172. The van der Waals surface area contributed by atoms with E-state index in [0.29, 0.717) is 32.8 Å². The average molecular weight is 366 g/mol. The van der Waals surface area contributed by atoms with Gasteiger partial charge in [-0.3, -0.25) is 9.59 Å². The molecule has 0 radical (unpaired) electrons. The zero-order chi connectivity index (χ0) is 18.8. The Morgan fingerprint density at radius 2 is 1.70 bits per heavy atom. The van der Waals surface area contributed by atoms with Crippen molar-refractivity contribution >= 4 is 11.8 Å². The van der Waals surface area contributed by atoms with E-state index < -0.39 is 18.1 Å². The molecule has 2 amide bonds. The molecule has 2 aromatic rings. The minimum absolute atomic E-state index is 0.299. The van der Waals surface area contributed by atoms with Gasteiger partial charge < -0.3 is 19.6 Å². The number of benzene rings is 2. The maximum absolute atomic E-state index is 12.8. The third-order valence-electron chi connectivity index (χ3n) is 5.12. The highest BCUT2D eigenvalue weighted by atomic mass is 16.5. The molecule has 1 fully saturated rings. The molecule has 2 heterocycles. The third kappa shape index (κ3) is 3.59. The number of aliphatic hydroxyl groups excluding tert-OH is 1. The van der Waals surface area contributed by atoms with Crippen molar-refractivity contribution in [1.29, 1.82) is 0 Å². The van der Waals surface area contributed by atoms with E-state index in [1.54, 1.807) is 9.80 Å². The molecular formula is C21H22N2O4. The number of carbonyl (C=O) groups excluding carboxylic acids is 2. The normalized spacial score (nSPS) is 20.5. The van der Waals surface area contributed by atoms with Crippen LogP contribution in [0.1, 0.15) is 16.7 Å². The van der Waals surface area contributed by atoms with Gasteiger partial charge in [0, 0.05) is 26.2 Å². The Hall–Kier alpha value is -2.70. The molecule has 0 saturated carbocycles. The van der Waals surface area contributed by atoms with E-state index in [-0.39, 0.29) is 5.91 Å². The Kier molecular flexibility index (Phi) is 4.92. The van der Waals surface area contributed by atoms with Crippen LogP contribution in [0.5, 0.6) is 0 Å². The van der Waals surface area contributed by atoms with Gasteiger partial charge in [-0.2, -0.15) is 0 Å². The zero-order valence-electron chi connectivity index (χ0n) is 15.0. The lowest BCUT2D eigenvalue weighted by Gasteiger charge is -2.35. The van der Waals surface area contributed by atoms with Crippen LogP contribution in [-0.4, -0.2) is 52.1 Å². The Balaban J connectivity index is 1.43. The summed E-state index contributed by atoms with van der Waals surface area (Å²) in [5.74, 6) is -0.811. The molecule has 4 rings (SSSR count). The fraction of sp³-hybridized carbons (Fsp3) is 0.333. The highest BCUT2D eigenvalue weighted by Gasteiger charge is 2.41. The maximum Gasteiger partial charge on any atom is 0.255 e. The van der Waals surface area contributed by atoms with Gasteiger partial charge in [-0.15, -0.1) is 0 Å². The van der Waals surface area contributed by atoms with Crippen LogP contribution in [0.15, 0.2) is 54.6 Å². The molecule has 0 unspecified atom stereocenters. The van der Waals surface area contributed by atoms with Gasteiger partial charge in [0.1, 0.15) is 0 Å². The van der Waals surface area contributed by atoms with Crippen LogP contribution in [0.3, 0.4) is 0 Å². The van der Waals surface area contributed by atoms with Crippen molar-refractivity contribution in [1.82, 2.24) is 9.80 Å². The fourth-order valence-corrected chi connectivity index (χ4v) is 3.64. The Morgan fingerprint density at radius 3 is 2.37 bits per heavy atom. The van der Waals surface area contributed by atoms with Crippen molar-refractivity contribution in [2.75, 3.05) is 13.2 Å². The molecule has 2 aliphatic rings. The number of hydrogen-bond donors (Lipinski definition) is 1. The number of carbonyl (C=O) groups is 2. The molecular weight excluding hydrogens is 344 g/mol. The summed E-state index contributed by atoms with van der Waals surface area (Å²) < 4.78 is 5.49. The van der Waals surface area contributed by atoms with Crippen molar-refractivity contribution in [3.63, 3.8) is 0 Å². The monoisotopic (exact) mass is 366 g/mol. The van der Waals surface area contributed by atoms with Gasteiger partial charge in [-0.1, -0.05) is 54.6 Å². The second-order valence-corrected chi connectivity index (χ2v) is 6.94. The highest BCUT2D eigenvalue weighted by molar-refractivity contribution is 5.91. The summed E-state index contributed by atoms with van der Waals surface area (Å²) in [5.41, 5.74) is 3.14. The van der Waals surface area contributed by atoms with Crippen molar-refractivity contribution in [2.45, 2.75) is 31.8 Å². The molecule has 27 heavy (non-hydrogen) atoms. The fourth-order valence-electron chi connectivity index (χ4n) is 3.64. The Morgan fingerprint density at radius 1 is 1.07 bits per heavy atom. The number of rotatable bonds is 4. The number of morpholine rings is 1. The quantitative estimate of drug-likeness (QED) is 0.886. The van der Waals surface area contributed by atoms with Crippen LogP contribution in [-0.2, 0) is 34.0 Å². The van der Waals surface area contributed by atoms with E-state index in [0.717, 1.165) is 16.7 Å².